The summed E-state index contributed by atoms with van der Waals surface area (Å²) in [5, 5.41) is 11.0. The van der Waals surface area contributed by atoms with Crippen molar-refractivity contribution in [3.05, 3.63) is 17.8 Å². The van der Waals surface area contributed by atoms with Crippen LogP contribution in [-0.2, 0) is 4.74 Å². The minimum atomic E-state index is -0.0508. The molecule has 1 N–H and O–H groups in total. The molecule has 0 aliphatic carbocycles. The van der Waals surface area contributed by atoms with E-state index in [1.807, 2.05) is 11.8 Å². The molecule has 1 aromatic rings. The van der Waals surface area contributed by atoms with Gasteiger partial charge in [0.05, 0.1) is 6.10 Å². The van der Waals surface area contributed by atoms with E-state index in [1.165, 1.54) is 0 Å². The van der Waals surface area contributed by atoms with Crippen molar-refractivity contribution >= 4 is 11.7 Å². The number of hydrogen-bond donors (Lipinski definition) is 1. The number of nitrogens with one attached hydrogen (secondary N) is 1. The highest BCUT2D eigenvalue weighted by Gasteiger charge is 2.24. The second kappa shape index (κ2) is 6.47. The van der Waals surface area contributed by atoms with Crippen LogP contribution in [0.3, 0.4) is 0 Å². The van der Waals surface area contributed by atoms with E-state index >= 15 is 0 Å². The van der Waals surface area contributed by atoms with Gasteiger partial charge in [-0.3, -0.25) is 4.79 Å². The van der Waals surface area contributed by atoms with Gasteiger partial charge in [-0.2, -0.15) is 0 Å². The van der Waals surface area contributed by atoms with E-state index in [0.29, 0.717) is 24.6 Å². The average molecular weight is 264 g/mol. The number of hydrogen-bond acceptors (Lipinski definition) is 5. The molecule has 1 saturated heterocycles. The lowest BCUT2D eigenvalue weighted by Gasteiger charge is -2.30. The second-order valence-electron chi connectivity index (χ2n) is 4.56. The predicted molar refractivity (Wildman–Crippen MR) is 72.1 cm³/mol. The first-order chi connectivity index (χ1) is 9.24. The van der Waals surface area contributed by atoms with E-state index < -0.39 is 0 Å². The van der Waals surface area contributed by atoms with Crippen LogP contribution in [0.4, 0.5) is 5.82 Å². The lowest BCUT2D eigenvalue weighted by molar-refractivity contribution is 0.0347. The SMILES string of the molecule is CCNc1ccc(C(=O)N2CCC(OC)CC2)nn1. The van der Waals surface area contributed by atoms with Crippen molar-refractivity contribution in [2.45, 2.75) is 25.9 Å². The van der Waals surface area contributed by atoms with Gasteiger partial charge >= 0.3 is 0 Å². The molecule has 0 atom stereocenters. The Labute approximate surface area is 113 Å². The van der Waals surface area contributed by atoms with E-state index in [4.69, 9.17) is 4.74 Å². The fourth-order valence-electron chi connectivity index (χ4n) is 2.18. The highest BCUT2D eigenvalue weighted by Crippen LogP contribution is 2.15. The maximum atomic E-state index is 12.2. The monoisotopic (exact) mass is 264 g/mol. The number of amides is 1. The molecule has 104 valence electrons. The summed E-state index contributed by atoms with van der Waals surface area (Å²) in [5.41, 5.74) is 0.400. The lowest BCUT2D eigenvalue weighted by atomic mass is 10.1. The number of carbonyl (C=O) groups is 1. The number of carbonyl (C=O) groups excluding carboxylic acids is 1. The molecule has 0 unspecified atom stereocenters. The number of aromatic nitrogens is 2. The van der Waals surface area contributed by atoms with Crippen LogP contribution >= 0.6 is 0 Å². The van der Waals surface area contributed by atoms with Gasteiger partial charge in [-0.25, -0.2) is 0 Å². The smallest absolute Gasteiger partial charge is 0.274 e. The number of methoxy groups -OCH3 is 1. The van der Waals surface area contributed by atoms with Crippen molar-refractivity contribution in [3.63, 3.8) is 0 Å². The van der Waals surface area contributed by atoms with E-state index in [9.17, 15) is 4.79 Å². The van der Waals surface area contributed by atoms with Crippen molar-refractivity contribution < 1.29 is 9.53 Å². The Morgan fingerprint density at radius 2 is 2.16 bits per heavy atom. The molecular formula is C13H20N4O2. The fourth-order valence-corrected chi connectivity index (χ4v) is 2.18. The quantitative estimate of drug-likeness (QED) is 0.884. The first-order valence-electron chi connectivity index (χ1n) is 6.64. The van der Waals surface area contributed by atoms with Crippen molar-refractivity contribution in [3.8, 4) is 0 Å². The molecule has 2 rings (SSSR count). The van der Waals surface area contributed by atoms with E-state index in [1.54, 1.807) is 19.2 Å². The van der Waals surface area contributed by atoms with Gasteiger partial charge in [-0.1, -0.05) is 0 Å². The van der Waals surface area contributed by atoms with Crippen LogP contribution in [0.25, 0.3) is 0 Å². The zero-order chi connectivity index (χ0) is 13.7. The molecule has 1 fully saturated rings. The molecule has 0 spiro atoms. The molecule has 6 nitrogen and oxygen atoms in total. The molecule has 0 radical (unpaired) electrons. The molecule has 6 heteroatoms. The van der Waals surface area contributed by atoms with Crippen LogP contribution in [0.5, 0.6) is 0 Å². The van der Waals surface area contributed by atoms with E-state index in [2.05, 4.69) is 15.5 Å². The molecule has 0 aromatic carbocycles. The van der Waals surface area contributed by atoms with Crippen molar-refractivity contribution in [1.82, 2.24) is 15.1 Å². The topological polar surface area (TPSA) is 67.4 Å². The zero-order valence-corrected chi connectivity index (χ0v) is 11.4. The van der Waals surface area contributed by atoms with E-state index in [-0.39, 0.29) is 12.0 Å². The first kappa shape index (κ1) is 13.7. The van der Waals surface area contributed by atoms with Crippen molar-refractivity contribution in [1.29, 1.82) is 0 Å². The number of piperidine rings is 1. The Balaban J connectivity index is 1.96. The summed E-state index contributed by atoms with van der Waals surface area (Å²) in [5.74, 6) is 0.641. The number of ether oxygens (including phenoxy) is 1. The normalized spacial score (nSPS) is 16.4. The van der Waals surface area contributed by atoms with Gasteiger partial charge in [0.2, 0.25) is 0 Å². The Kier molecular flexibility index (Phi) is 4.68. The third-order valence-electron chi connectivity index (χ3n) is 3.30. The number of likely N-dealkylation sites (tertiary alicyclic amines) is 1. The minimum Gasteiger partial charge on any atom is -0.381 e. The minimum absolute atomic E-state index is 0.0508. The molecule has 19 heavy (non-hydrogen) atoms. The number of nitrogens with zero attached hydrogens (tertiary/aromatic N) is 3. The fraction of sp³-hybridized carbons (Fsp3) is 0.615. The third kappa shape index (κ3) is 3.41. The Hall–Kier alpha value is -1.69. The van der Waals surface area contributed by atoms with Crippen LogP contribution in [-0.4, -0.2) is 53.9 Å². The van der Waals surface area contributed by atoms with Gasteiger partial charge in [0, 0.05) is 26.7 Å². The summed E-state index contributed by atoms with van der Waals surface area (Å²) in [6.45, 7) is 4.20. The van der Waals surface area contributed by atoms with Crippen LogP contribution in [0.1, 0.15) is 30.3 Å². The van der Waals surface area contributed by atoms with E-state index in [0.717, 1.165) is 19.4 Å². The molecule has 1 aliphatic rings. The van der Waals surface area contributed by atoms with Crippen LogP contribution in [0.2, 0.25) is 0 Å². The van der Waals surface area contributed by atoms with Crippen LogP contribution in [0, 0.1) is 0 Å². The molecule has 0 bridgehead atoms. The summed E-state index contributed by atoms with van der Waals surface area (Å²) in [7, 11) is 1.72. The Bertz CT molecular complexity index is 413. The van der Waals surface area contributed by atoms with Gasteiger partial charge in [0.25, 0.3) is 5.91 Å². The summed E-state index contributed by atoms with van der Waals surface area (Å²) in [4.78, 5) is 14.0. The molecule has 2 heterocycles. The second-order valence-corrected chi connectivity index (χ2v) is 4.56. The molecular weight excluding hydrogens is 244 g/mol. The molecule has 1 amide bonds. The predicted octanol–water partition coefficient (Wildman–Crippen LogP) is 1.16. The van der Waals surface area contributed by atoms with Gasteiger partial charge < -0.3 is 15.0 Å². The molecule has 1 aromatic heterocycles. The molecule has 1 aliphatic heterocycles. The summed E-state index contributed by atoms with van der Waals surface area (Å²) in [6.07, 6.45) is 2.03. The first-order valence-corrected chi connectivity index (χ1v) is 6.64. The maximum absolute atomic E-state index is 12.2. The van der Waals surface area contributed by atoms with Gasteiger partial charge in [-0.05, 0) is 31.9 Å². The van der Waals surface area contributed by atoms with Crippen molar-refractivity contribution in [2.75, 3.05) is 32.1 Å². The highest BCUT2D eigenvalue weighted by atomic mass is 16.5. The average Bonchev–Trinajstić information content (AvgIpc) is 2.48. The summed E-state index contributed by atoms with van der Waals surface area (Å²) >= 11 is 0. The Morgan fingerprint density at radius 3 is 2.68 bits per heavy atom. The number of anilines is 1. The van der Waals surface area contributed by atoms with Crippen LogP contribution in [0.15, 0.2) is 12.1 Å². The van der Waals surface area contributed by atoms with Crippen LogP contribution < -0.4 is 5.32 Å². The maximum Gasteiger partial charge on any atom is 0.274 e. The third-order valence-corrected chi connectivity index (χ3v) is 3.30. The largest absolute Gasteiger partial charge is 0.381 e. The van der Waals surface area contributed by atoms with Gasteiger partial charge in [-0.15, -0.1) is 10.2 Å². The van der Waals surface area contributed by atoms with Gasteiger partial charge in [0.1, 0.15) is 5.82 Å². The molecule has 0 saturated carbocycles. The summed E-state index contributed by atoms with van der Waals surface area (Å²) < 4.78 is 5.29. The standard InChI is InChI=1S/C13H20N4O2/c1-3-14-12-5-4-11(15-16-12)13(18)17-8-6-10(19-2)7-9-17/h4-5,10H,3,6-9H2,1-2H3,(H,14,16). The Morgan fingerprint density at radius 1 is 1.42 bits per heavy atom. The van der Waals surface area contributed by atoms with Gasteiger partial charge in [0.15, 0.2) is 5.69 Å². The lowest BCUT2D eigenvalue weighted by Crippen LogP contribution is -2.41. The summed E-state index contributed by atoms with van der Waals surface area (Å²) in [6, 6.07) is 3.50. The zero-order valence-electron chi connectivity index (χ0n) is 11.4. The van der Waals surface area contributed by atoms with Crippen molar-refractivity contribution in [2.24, 2.45) is 0 Å². The number of rotatable bonds is 4. The highest BCUT2D eigenvalue weighted by molar-refractivity contribution is 5.92.